The van der Waals surface area contributed by atoms with E-state index in [1.165, 1.54) is 4.90 Å². The first-order chi connectivity index (χ1) is 13.5. The number of anilines is 2. The van der Waals surface area contributed by atoms with Gasteiger partial charge in [-0.25, -0.2) is 0 Å². The van der Waals surface area contributed by atoms with Crippen molar-refractivity contribution in [1.82, 2.24) is 4.90 Å². The first-order valence-electron chi connectivity index (χ1n) is 9.07. The summed E-state index contributed by atoms with van der Waals surface area (Å²) in [4.78, 5) is 29.0. The molecule has 0 bridgehead atoms. The number of benzene rings is 2. The maximum absolute atomic E-state index is 12.8. The summed E-state index contributed by atoms with van der Waals surface area (Å²) in [6.07, 6.45) is 0. The van der Waals surface area contributed by atoms with Gasteiger partial charge in [-0.2, -0.15) is 0 Å². The number of hydrogen-bond donors (Lipinski definition) is 1. The minimum absolute atomic E-state index is 0.0819. The summed E-state index contributed by atoms with van der Waals surface area (Å²) in [7, 11) is 0. The summed E-state index contributed by atoms with van der Waals surface area (Å²) in [6.45, 7) is 6.75. The summed E-state index contributed by atoms with van der Waals surface area (Å²) < 4.78 is 6.29. The predicted molar refractivity (Wildman–Crippen MR) is 112 cm³/mol. The molecule has 0 spiro atoms. The number of ether oxygens (including phenoxy) is 1. The lowest BCUT2D eigenvalue weighted by Gasteiger charge is -2.30. The molecule has 2 aliphatic heterocycles. The van der Waals surface area contributed by atoms with Crippen molar-refractivity contribution in [2.45, 2.75) is 0 Å². The summed E-state index contributed by atoms with van der Waals surface area (Å²) >= 11 is 3.46. The molecule has 144 valence electrons. The number of fused-ring (bicyclic) bond motifs is 1. The average Bonchev–Trinajstić information content (AvgIpc) is 2.94. The van der Waals surface area contributed by atoms with Gasteiger partial charge in [0.25, 0.3) is 5.91 Å². The molecule has 2 aromatic carbocycles. The van der Waals surface area contributed by atoms with Crippen molar-refractivity contribution in [3.05, 3.63) is 64.6 Å². The molecule has 0 atom stereocenters. The standard InChI is InChI=1S/C21H20BrN3O3/c1-14-16-4-2-3-5-17(16)21(27)25(14)13-20(26)23-18-12-15(22)6-7-19(18)24-8-10-28-11-9-24/h2-7,12H,1,8-11,13H2,(H,23,26). The van der Waals surface area contributed by atoms with Crippen LogP contribution in [0.5, 0.6) is 0 Å². The number of carbonyl (C=O) groups is 2. The fourth-order valence-corrected chi connectivity index (χ4v) is 3.88. The van der Waals surface area contributed by atoms with Gasteiger partial charge in [-0.05, 0) is 24.3 Å². The molecule has 7 heteroatoms. The maximum atomic E-state index is 12.8. The van der Waals surface area contributed by atoms with E-state index in [4.69, 9.17) is 4.74 Å². The highest BCUT2D eigenvalue weighted by atomic mass is 79.9. The van der Waals surface area contributed by atoms with E-state index in [1.54, 1.807) is 6.07 Å². The van der Waals surface area contributed by atoms with Crippen molar-refractivity contribution in [2.75, 3.05) is 43.1 Å². The Bertz CT molecular complexity index is 919. The third-order valence-corrected chi connectivity index (χ3v) is 5.42. The van der Waals surface area contributed by atoms with Crippen LogP contribution in [0.2, 0.25) is 0 Å². The molecule has 0 aromatic heterocycles. The number of amides is 2. The van der Waals surface area contributed by atoms with Crippen molar-refractivity contribution >= 4 is 44.8 Å². The van der Waals surface area contributed by atoms with Crippen LogP contribution < -0.4 is 10.2 Å². The molecule has 1 fully saturated rings. The third kappa shape index (κ3) is 3.55. The van der Waals surface area contributed by atoms with Gasteiger partial charge in [0.2, 0.25) is 5.91 Å². The molecule has 1 saturated heterocycles. The van der Waals surface area contributed by atoms with E-state index in [1.807, 2.05) is 36.4 Å². The molecule has 4 rings (SSSR count). The fraction of sp³-hybridized carbons (Fsp3) is 0.238. The van der Waals surface area contributed by atoms with E-state index >= 15 is 0 Å². The van der Waals surface area contributed by atoms with Crippen LogP contribution in [0.3, 0.4) is 0 Å². The number of nitrogens with one attached hydrogen (secondary N) is 1. The molecular weight excluding hydrogens is 422 g/mol. The van der Waals surface area contributed by atoms with E-state index < -0.39 is 0 Å². The van der Waals surface area contributed by atoms with Gasteiger partial charge < -0.3 is 15.0 Å². The molecule has 2 amide bonds. The number of halogens is 1. The fourth-order valence-electron chi connectivity index (χ4n) is 3.52. The van der Waals surface area contributed by atoms with Crippen LogP contribution in [0.15, 0.2) is 53.5 Å². The molecule has 0 radical (unpaired) electrons. The van der Waals surface area contributed by atoms with Gasteiger partial charge in [-0.1, -0.05) is 40.7 Å². The van der Waals surface area contributed by atoms with Gasteiger partial charge in [0.1, 0.15) is 6.54 Å². The topological polar surface area (TPSA) is 61.9 Å². The SMILES string of the molecule is C=C1c2ccccc2C(=O)N1CC(=O)Nc1cc(Br)ccc1N1CCOCC1. The molecule has 6 nitrogen and oxygen atoms in total. The number of carbonyl (C=O) groups excluding carboxylic acids is 2. The zero-order valence-electron chi connectivity index (χ0n) is 15.3. The van der Waals surface area contributed by atoms with Crippen molar-refractivity contribution in [3.63, 3.8) is 0 Å². The van der Waals surface area contributed by atoms with Gasteiger partial charge in [0, 0.05) is 34.4 Å². The van der Waals surface area contributed by atoms with E-state index in [-0.39, 0.29) is 18.4 Å². The quantitative estimate of drug-likeness (QED) is 0.789. The Morgan fingerprint density at radius 3 is 2.57 bits per heavy atom. The molecule has 1 N–H and O–H groups in total. The molecule has 0 saturated carbocycles. The molecular formula is C21H20BrN3O3. The van der Waals surface area contributed by atoms with Crippen LogP contribution in [-0.2, 0) is 9.53 Å². The minimum Gasteiger partial charge on any atom is -0.378 e. The van der Waals surface area contributed by atoms with Gasteiger partial charge in [0.05, 0.1) is 24.6 Å². The summed E-state index contributed by atoms with van der Waals surface area (Å²) in [6, 6.07) is 13.1. The second-order valence-electron chi connectivity index (χ2n) is 6.69. The van der Waals surface area contributed by atoms with Crippen LogP contribution in [0, 0.1) is 0 Å². The Morgan fingerprint density at radius 2 is 1.86 bits per heavy atom. The summed E-state index contributed by atoms with van der Waals surface area (Å²) in [5, 5.41) is 2.96. The second kappa shape index (κ2) is 7.77. The first-order valence-corrected chi connectivity index (χ1v) is 9.86. The van der Waals surface area contributed by atoms with Crippen molar-refractivity contribution in [1.29, 1.82) is 0 Å². The maximum Gasteiger partial charge on any atom is 0.259 e. The van der Waals surface area contributed by atoms with E-state index in [0.29, 0.717) is 30.2 Å². The lowest BCUT2D eigenvalue weighted by atomic mass is 10.1. The van der Waals surface area contributed by atoms with Gasteiger partial charge >= 0.3 is 0 Å². The summed E-state index contributed by atoms with van der Waals surface area (Å²) in [5.74, 6) is -0.465. The monoisotopic (exact) mass is 441 g/mol. The van der Waals surface area contributed by atoms with Gasteiger partial charge in [-0.3, -0.25) is 14.5 Å². The number of hydrogen-bond acceptors (Lipinski definition) is 4. The van der Waals surface area contributed by atoms with E-state index in [2.05, 4.69) is 32.7 Å². The van der Waals surface area contributed by atoms with Crippen LogP contribution >= 0.6 is 15.9 Å². The van der Waals surface area contributed by atoms with Crippen molar-refractivity contribution < 1.29 is 14.3 Å². The lowest BCUT2D eigenvalue weighted by molar-refractivity contribution is -0.116. The predicted octanol–water partition coefficient (Wildman–Crippen LogP) is 3.35. The molecule has 0 unspecified atom stereocenters. The molecule has 2 heterocycles. The van der Waals surface area contributed by atoms with E-state index in [9.17, 15) is 9.59 Å². The Kier molecular flexibility index (Phi) is 5.19. The third-order valence-electron chi connectivity index (χ3n) is 4.93. The first kappa shape index (κ1) is 18.7. The van der Waals surface area contributed by atoms with Gasteiger partial charge in [0.15, 0.2) is 0 Å². The van der Waals surface area contributed by atoms with Crippen LogP contribution in [0.4, 0.5) is 11.4 Å². The van der Waals surface area contributed by atoms with Crippen LogP contribution in [0.1, 0.15) is 15.9 Å². The second-order valence-corrected chi connectivity index (χ2v) is 7.61. The summed E-state index contributed by atoms with van der Waals surface area (Å²) in [5.41, 5.74) is 3.55. The number of rotatable bonds is 4. The average molecular weight is 442 g/mol. The Labute approximate surface area is 171 Å². The van der Waals surface area contributed by atoms with Gasteiger partial charge in [-0.15, -0.1) is 0 Å². The van der Waals surface area contributed by atoms with Crippen molar-refractivity contribution in [3.8, 4) is 0 Å². The van der Waals surface area contributed by atoms with Crippen LogP contribution in [-0.4, -0.2) is 49.6 Å². The van der Waals surface area contributed by atoms with Crippen LogP contribution in [0.25, 0.3) is 5.70 Å². The highest BCUT2D eigenvalue weighted by Gasteiger charge is 2.32. The van der Waals surface area contributed by atoms with E-state index in [0.717, 1.165) is 28.8 Å². The Balaban J connectivity index is 1.51. The zero-order chi connectivity index (χ0) is 19.7. The smallest absolute Gasteiger partial charge is 0.259 e. The molecule has 0 aliphatic carbocycles. The Hall–Kier alpha value is -2.64. The highest BCUT2D eigenvalue weighted by molar-refractivity contribution is 9.10. The largest absolute Gasteiger partial charge is 0.378 e. The molecule has 2 aromatic rings. The minimum atomic E-state index is -0.269. The lowest BCUT2D eigenvalue weighted by Crippen LogP contribution is -2.37. The number of nitrogens with zero attached hydrogens (tertiary/aromatic N) is 2. The molecule has 2 aliphatic rings. The zero-order valence-corrected chi connectivity index (χ0v) is 16.9. The number of morpholine rings is 1. The highest BCUT2D eigenvalue weighted by Crippen LogP contribution is 2.32. The molecule has 28 heavy (non-hydrogen) atoms. The Morgan fingerprint density at radius 1 is 1.14 bits per heavy atom. The van der Waals surface area contributed by atoms with Crippen molar-refractivity contribution in [2.24, 2.45) is 0 Å². The normalized spacial score (nSPS) is 16.3.